The molecule has 20 heavy (non-hydrogen) atoms. The third-order valence-corrected chi connectivity index (χ3v) is 2.93. The van der Waals surface area contributed by atoms with Crippen LogP contribution in [-0.2, 0) is 19.1 Å². The van der Waals surface area contributed by atoms with Gasteiger partial charge in [-0.05, 0) is 39.0 Å². The Balaban J connectivity index is 3.87. The zero-order valence-electron chi connectivity index (χ0n) is 12.6. The van der Waals surface area contributed by atoms with Crippen LogP contribution in [0, 0.1) is 0 Å². The van der Waals surface area contributed by atoms with Crippen molar-refractivity contribution in [2.24, 2.45) is 0 Å². The minimum absolute atomic E-state index is 0.0449. The molecule has 0 aromatic carbocycles. The molecule has 114 valence electrons. The summed E-state index contributed by atoms with van der Waals surface area (Å²) in [6, 6.07) is 0. The second-order valence-corrected chi connectivity index (χ2v) is 4.79. The van der Waals surface area contributed by atoms with Gasteiger partial charge in [0, 0.05) is 12.2 Å². The first-order valence-corrected chi connectivity index (χ1v) is 7.19. The van der Waals surface area contributed by atoms with Crippen LogP contribution < -0.4 is 0 Å². The number of unbranched alkanes of at least 4 members (excludes halogenated alkanes) is 1. The van der Waals surface area contributed by atoms with Crippen molar-refractivity contribution in [1.29, 1.82) is 0 Å². The highest BCUT2D eigenvalue weighted by molar-refractivity contribution is 5.81. The number of hydrogen-bond donors (Lipinski definition) is 0. The van der Waals surface area contributed by atoms with Gasteiger partial charge in [-0.1, -0.05) is 26.5 Å². The number of carbonyl (C=O) groups is 2. The van der Waals surface area contributed by atoms with Crippen LogP contribution >= 0.6 is 0 Å². The number of carbonyl (C=O) groups excluding carboxylic acids is 2. The van der Waals surface area contributed by atoms with Crippen LogP contribution in [0.1, 0.15) is 52.4 Å². The molecule has 0 saturated heterocycles. The fourth-order valence-corrected chi connectivity index (χ4v) is 1.91. The summed E-state index contributed by atoms with van der Waals surface area (Å²) in [5.41, 5.74) is 0. The number of hydrogen-bond acceptors (Lipinski definition) is 4. The first-order chi connectivity index (χ1) is 9.53. The van der Waals surface area contributed by atoms with Crippen molar-refractivity contribution in [3.8, 4) is 0 Å². The van der Waals surface area contributed by atoms with Gasteiger partial charge in [0.2, 0.25) is 0 Å². The third-order valence-electron chi connectivity index (χ3n) is 2.93. The molecule has 0 aliphatic rings. The lowest BCUT2D eigenvalue weighted by molar-refractivity contribution is -0.144. The van der Waals surface area contributed by atoms with Crippen molar-refractivity contribution >= 4 is 11.9 Å². The lowest BCUT2D eigenvalue weighted by Crippen LogP contribution is -2.17. The predicted octanol–water partition coefficient (Wildman–Crippen LogP) is 3.56. The van der Waals surface area contributed by atoms with E-state index in [2.05, 4.69) is 20.1 Å². The number of rotatable bonds is 11. The van der Waals surface area contributed by atoms with Crippen molar-refractivity contribution in [3.05, 3.63) is 25.3 Å². The molecule has 0 saturated carbocycles. The molecule has 0 radical (unpaired) electrons. The molecule has 0 heterocycles. The molecule has 0 bridgehead atoms. The monoisotopic (exact) mass is 282 g/mol. The predicted molar refractivity (Wildman–Crippen MR) is 79.2 cm³/mol. The zero-order valence-corrected chi connectivity index (χ0v) is 12.6. The van der Waals surface area contributed by atoms with Crippen LogP contribution in [0.25, 0.3) is 0 Å². The fourth-order valence-electron chi connectivity index (χ4n) is 1.91. The lowest BCUT2D eigenvalue weighted by Gasteiger charge is -2.17. The first kappa shape index (κ1) is 18.4. The van der Waals surface area contributed by atoms with Gasteiger partial charge >= 0.3 is 11.9 Å². The van der Waals surface area contributed by atoms with Crippen molar-refractivity contribution < 1.29 is 19.1 Å². The summed E-state index contributed by atoms with van der Waals surface area (Å²) in [6.07, 6.45) is 7.54. The van der Waals surface area contributed by atoms with Gasteiger partial charge in [-0.15, -0.1) is 0 Å². The molecule has 0 aliphatic heterocycles. The zero-order chi connectivity index (χ0) is 15.4. The molecule has 0 aromatic heterocycles. The second-order valence-electron chi connectivity index (χ2n) is 4.79. The average molecular weight is 282 g/mol. The molecule has 0 aromatic rings. The highest BCUT2D eigenvalue weighted by Crippen LogP contribution is 2.14. The molecule has 4 nitrogen and oxygen atoms in total. The Morgan fingerprint density at radius 1 is 1.00 bits per heavy atom. The number of ether oxygens (including phenoxy) is 2. The average Bonchev–Trinajstić information content (AvgIpc) is 2.43. The van der Waals surface area contributed by atoms with Crippen LogP contribution in [-0.4, -0.2) is 24.1 Å². The normalized spacial score (nSPS) is 13.1. The highest BCUT2D eigenvalue weighted by atomic mass is 16.5. The fraction of sp³-hybridized carbons (Fsp3) is 0.625. The Morgan fingerprint density at radius 2 is 1.55 bits per heavy atom. The van der Waals surface area contributed by atoms with Gasteiger partial charge in [0.15, 0.2) is 0 Å². The topological polar surface area (TPSA) is 52.6 Å². The summed E-state index contributed by atoms with van der Waals surface area (Å²) in [5, 5.41) is 0. The van der Waals surface area contributed by atoms with Crippen LogP contribution in [0.15, 0.2) is 25.3 Å². The van der Waals surface area contributed by atoms with E-state index in [0.29, 0.717) is 0 Å². The van der Waals surface area contributed by atoms with E-state index in [9.17, 15) is 9.59 Å². The van der Waals surface area contributed by atoms with Gasteiger partial charge in [0.05, 0.1) is 6.10 Å². The largest absolute Gasteiger partial charge is 0.460 e. The summed E-state index contributed by atoms with van der Waals surface area (Å²) in [4.78, 5) is 22.2. The van der Waals surface area contributed by atoms with E-state index in [1.165, 1.54) is 12.2 Å². The summed E-state index contributed by atoms with van der Waals surface area (Å²) in [7, 11) is 0. The van der Waals surface area contributed by atoms with Crippen LogP contribution in [0.5, 0.6) is 0 Å². The van der Waals surface area contributed by atoms with E-state index in [1.54, 1.807) is 0 Å². The molecular weight excluding hydrogens is 256 g/mol. The van der Waals surface area contributed by atoms with E-state index in [-0.39, 0.29) is 24.1 Å². The highest BCUT2D eigenvalue weighted by Gasteiger charge is 2.12. The van der Waals surface area contributed by atoms with Crippen LogP contribution in [0.3, 0.4) is 0 Å². The maximum absolute atomic E-state index is 11.2. The van der Waals surface area contributed by atoms with Gasteiger partial charge in [-0.2, -0.15) is 0 Å². The molecule has 4 heteroatoms. The minimum atomic E-state index is -0.388. The van der Waals surface area contributed by atoms with Crippen molar-refractivity contribution in [3.63, 3.8) is 0 Å². The lowest BCUT2D eigenvalue weighted by atomic mass is 10.0. The molecule has 2 atom stereocenters. The van der Waals surface area contributed by atoms with E-state index in [4.69, 9.17) is 9.47 Å². The van der Waals surface area contributed by atoms with Crippen molar-refractivity contribution in [2.45, 2.75) is 64.6 Å². The van der Waals surface area contributed by atoms with Crippen molar-refractivity contribution in [2.75, 3.05) is 0 Å². The van der Waals surface area contributed by atoms with Gasteiger partial charge in [0.1, 0.15) is 6.10 Å². The maximum atomic E-state index is 11.2. The molecular formula is C16H26O4. The third kappa shape index (κ3) is 9.36. The van der Waals surface area contributed by atoms with E-state index in [1.807, 2.05) is 6.92 Å². The maximum Gasteiger partial charge on any atom is 0.330 e. The van der Waals surface area contributed by atoms with Crippen molar-refractivity contribution in [1.82, 2.24) is 0 Å². The van der Waals surface area contributed by atoms with E-state index in [0.717, 1.165) is 38.5 Å². The Morgan fingerprint density at radius 3 is 2.10 bits per heavy atom. The SMILES string of the molecule is C=CC(=O)OC(C)CCCCC(CCC)OC(=O)C=C. The Labute approximate surface area is 121 Å². The summed E-state index contributed by atoms with van der Waals surface area (Å²) < 4.78 is 10.4. The standard InChI is InChI=1S/C16H26O4/c1-5-10-14(20-16(18)7-3)12-9-8-11-13(4)19-15(17)6-2/h6-7,13-14H,2-3,5,8-12H2,1,4H3. The number of esters is 2. The molecule has 2 unspecified atom stereocenters. The summed E-state index contributed by atoms with van der Waals surface area (Å²) in [5.74, 6) is -0.752. The quantitative estimate of drug-likeness (QED) is 0.330. The molecule has 0 fully saturated rings. The molecule has 0 N–H and O–H groups in total. The smallest absolute Gasteiger partial charge is 0.330 e. The Hall–Kier alpha value is -1.58. The van der Waals surface area contributed by atoms with Crippen LogP contribution in [0.4, 0.5) is 0 Å². The van der Waals surface area contributed by atoms with Gasteiger partial charge in [0.25, 0.3) is 0 Å². The van der Waals surface area contributed by atoms with Gasteiger partial charge in [-0.25, -0.2) is 9.59 Å². The van der Waals surface area contributed by atoms with E-state index < -0.39 is 0 Å². The molecule has 0 aliphatic carbocycles. The molecule has 0 spiro atoms. The van der Waals surface area contributed by atoms with Gasteiger partial charge in [-0.3, -0.25) is 0 Å². The van der Waals surface area contributed by atoms with Gasteiger partial charge < -0.3 is 9.47 Å². The molecule has 0 rings (SSSR count). The summed E-state index contributed by atoms with van der Waals surface area (Å²) >= 11 is 0. The Bertz CT molecular complexity index is 322. The Kier molecular flexibility index (Phi) is 10.4. The first-order valence-electron chi connectivity index (χ1n) is 7.19. The summed E-state index contributed by atoms with van der Waals surface area (Å²) in [6.45, 7) is 10.7. The van der Waals surface area contributed by atoms with Crippen LogP contribution in [0.2, 0.25) is 0 Å². The second kappa shape index (κ2) is 11.3. The molecule has 0 amide bonds. The minimum Gasteiger partial charge on any atom is -0.460 e. The van der Waals surface area contributed by atoms with E-state index >= 15 is 0 Å².